The maximum absolute atomic E-state index is 10.1. The van der Waals surface area contributed by atoms with Gasteiger partial charge in [0.05, 0.1) is 26.2 Å². The van der Waals surface area contributed by atoms with Gasteiger partial charge in [-0.1, -0.05) is 0 Å². The molecule has 0 radical (unpaired) electrons. The molecule has 0 spiro atoms. The van der Waals surface area contributed by atoms with Crippen LogP contribution in [0.3, 0.4) is 0 Å². The van der Waals surface area contributed by atoms with Crippen LogP contribution in [-0.2, 0) is 4.57 Å². The molecular weight excluding hydrogens is 222 g/mol. The molecule has 2 saturated heterocycles. The third-order valence-electron chi connectivity index (χ3n) is 2.13. The molecule has 2 fully saturated rings. The fraction of sp³-hybridized carbons (Fsp3) is 1.00. The summed E-state index contributed by atoms with van der Waals surface area (Å²) in [5.41, 5.74) is 0. The van der Waals surface area contributed by atoms with E-state index in [1.54, 1.807) is 0 Å². The van der Waals surface area contributed by atoms with E-state index in [0.29, 0.717) is 0 Å². The van der Waals surface area contributed by atoms with Gasteiger partial charge in [0.2, 0.25) is 0 Å². The molecule has 2 aliphatic rings. The predicted molar refractivity (Wildman–Crippen MR) is 50.5 cm³/mol. The van der Waals surface area contributed by atoms with Crippen LogP contribution in [0.2, 0.25) is 0 Å². The molecule has 4 N–H and O–H groups in total. The zero-order valence-electron chi connectivity index (χ0n) is 8.86. The smallest absolute Gasteiger partial charge is 0.110 e. The number of hydrogen-bond donors (Lipinski definition) is 2. The van der Waals surface area contributed by atoms with E-state index in [2.05, 4.69) is 10.6 Å². The number of halogens is 1. The van der Waals surface area contributed by atoms with Gasteiger partial charge < -0.3 is 25.0 Å². The average molecular weight is 242 g/mol. The summed E-state index contributed by atoms with van der Waals surface area (Å²) in [6.45, 7) is 5.50. The van der Waals surface area contributed by atoms with E-state index in [4.69, 9.17) is 14.4 Å². The standard InChI is InChI=1S/2C4H9N.FH2O3P/c2*1-2-4-5-3-1;1-5(2,3)4/h2*5H,1-4H2;(H2,2,3,4). The van der Waals surface area contributed by atoms with E-state index < -0.39 is 7.91 Å². The van der Waals surface area contributed by atoms with Crippen molar-refractivity contribution < 1.29 is 29.2 Å². The van der Waals surface area contributed by atoms with Gasteiger partial charge in [-0.05, 0) is 0 Å². The topological polar surface area (TPSA) is 96.4 Å². The van der Waals surface area contributed by atoms with Crippen molar-refractivity contribution in [2.75, 3.05) is 26.2 Å². The molecule has 0 atom stereocenters. The summed E-state index contributed by atoms with van der Waals surface area (Å²) >= 11 is 0. The largest absolute Gasteiger partial charge is 0.786 e. The summed E-state index contributed by atoms with van der Waals surface area (Å²) in [4.78, 5) is 16.9. The van der Waals surface area contributed by atoms with Crippen LogP contribution in [0.25, 0.3) is 0 Å². The second-order valence-corrected chi connectivity index (χ2v) is 4.44. The van der Waals surface area contributed by atoms with Crippen LogP contribution >= 0.6 is 7.91 Å². The summed E-state index contributed by atoms with van der Waals surface area (Å²) in [6.07, 6.45) is 5.78. The molecular formula is C8H20FN2O3P. The molecule has 0 amide bonds. The molecule has 2 rings (SSSR count). The molecule has 7 heteroatoms. The van der Waals surface area contributed by atoms with E-state index in [-0.39, 0.29) is 0 Å². The van der Waals surface area contributed by atoms with Crippen molar-refractivity contribution in [3.63, 3.8) is 0 Å². The lowest BCUT2D eigenvalue weighted by atomic mass is 10.4. The van der Waals surface area contributed by atoms with Crippen LogP contribution in [0, 0.1) is 0 Å². The fourth-order valence-corrected chi connectivity index (χ4v) is 1.44. The quantitative estimate of drug-likeness (QED) is 0.458. The van der Waals surface area contributed by atoms with Crippen molar-refractivity contribution in [2.45, 2.75) is 25.7 Å². The van der Waals surface area contributed by atoms with Crippen molar-refractivity contribution in [1.82, 2.24) is 0 Å². The van der Waals surface area contributed by atoms with Gasteiger partial charge in [-0.2, -0.15) is 0 Å². The summed E-state index contributed by atoms with van der Waals surface area (Å²) in [6, 6.07) is 0. The second-order valence-electron chi connectivity index (χ2n) is 3.58. The Kier molecular flexibility index (Phi) is 9.24. The minimum atomic E-state index is -5.64. The Labute approximate surface area is 89.7 Å². The first-order chi connectivity index (χ1) is 7.00. The normalized spacial score (nSPS) is 19.9. The lowest BCUT2D eigenvalue weighted by molar-refractivity contribution is -0.635. The van der Waals surface area contributed by atoms with Gasteiger partial charge >= 0.3 is 0 Å². The molecule has 15 heavy (non-hydrogen) atoms. The fourth-order valence-electron chi connectivity index (χ4n) is 1.44. The van der Waals surface area contributed by atoms with Crippen molar-refractivity contribution in [3.8, 4) is 0 Å². The van der Waals surface area contributed by atoms with Gasteiger partial charge in [0, 0.05) is 25.7 Å². The first-order valence-corrected chi connectivity index (χ1v) is 6.78. The van der Waals surface area contributed by atoms with Crippen molar-refractivity contribution in [1.29, 1.82) is 0 Å². The molecule has 5 nitrogen and oxygen atoms in total. The maximum Gasteiger partial charge on any atom is 0.110 e. The SMILES string of the molecule is C1CC[NH2+]C1.C1CC[NH2+]C1.O=P([O-])([O-])F. The second kappa shape index (κ2) is 9.24. The first kappa shape index (κ1) is 15.0. The van der Waals surface area contributed by atoms with Crippen LogP contribution in [0.1, 0.15) is 25.7 Å². The van der Waals surface area contributed by atoms with E-state index in [0.717, 1.165) is 0 Å². The number of rotatable bonds is 0. The van der Waals surface area contributed by atoms with E-state index in [1.807, 2.05) is 0 Å². The molecule has 2 aliphatic heterocycles. The summed E-state index contributed by atoms with van der Waals surface area (Å²) in [7, 11) is -5.64. The Morgan fingerprint density at radius 1 is 0.867 bits per heavy atom. The van der Waals surface area contributed by atoms with Gasteiger partial charge in [0.15, 0.2) is 0 Å². The minimum absolute atomic E-state index is 1.38. The average Bonchev–Trinajstić information content (AvgIpc) is 2.81. The molecule has 0 aliphatic carbocycles. The third-order valence-corrected chi connectivity index (χ3v) is 2.13. The van der Waals surface area contributed by atoms with Gasteiger partial charge in [-0.15, -0.1) is 0 Å². The lowest BCUT2D eigenvalue weighted by Gasteiger charge is -2.15. The maximum atomic E-state index is 10.1. The van der Waals surface area contributed by atoms with Gasteiger partial charge in [-0.25, -0.2) is 4.20 Å². The van der Waals surface area contributed by atoms with E-state index >= 15 is 0 Å². The predicted octanol–water partition coefficient (Wildman–Crippen LogP) is -2.53. The van der Waals surface area contributed by atoms with Crippen molar-refractivity contribution >= 4 is 7.91 Å². The summed E-state index contributed by atoms with van der Waals surface area (Å²) < 4.78 is 18.6. The zero-order chi connectivity index (χ0) is 11.6. The van der Waals surface area contributed by atoms with Crippen molar-refractivity contribution in [2.24, 2.45) is 0 Å². The molecule has 0 saturated carbocycles. The van der Waals surface area contributed by atoms with Crippen molar-refractivity contribution in [3.05, 3.63) is 0 Å². The van der Waals surface area contributed by atoms with Crippen LogP contribution in [-0.4, -0.2) is 26.2 Å². The molecule has 0 bridgehead atoms. The molecule has 92 valence electrons. The highest BCUT2D eigenvalue weighted by atomic mass is 31.2. The molecule has 0 aromatic carbocycles. The Morgan fingerprint density at radius 2 is 1.07 bits per heavy atom. The molecule has 0 aromatic rings. The Hall–Kier alpha value is -0.0000000000000000555. The van der Waals surface area contributed by atoms with E-state index in [9.17, 15) is 4.20 Å². The van der Waals surface area contributed by atoms with Gasteiger partial charge in [0.1, 0.15) is 7.91 Å². The zero-order valence-corrected chi connectivity index (χ0v) is 9.76. The van der Waals surface area contributed by atoms with Crippen LogP contribution in [0.4, 0.5) is 4.20 Å². The number of quaternary nitrogens is 2. The highest BCUT2D eigenvalue weighted by Crippen LogP contribution is 2.22. The van der Waals surface area contributed by atoms with Crippen LogP contribution in [0.5, 0.6) is 0 Å². The monoisotopic (exact) mass is 242 g/mol. The number of nitrogens with two attached hydrogens (primary N) is 2. The van der Waals surface area contributed by atoms with Gasteiger partial charge in [0.25, 0.3) is 0 Å². The highest BCUT2D eigenvalue weighted by molar-refractivity contribution is 7.42. The minimum Gasteiger partial charge on any atom is -0.786 e. The Morgan fingerprint density at radius 3 is 1.13 bits per heavy atom. The summed E-state index contributed by atoms with van der Waals surface area (Å²) in [5, 5.41) is 4.72. The third kappa shape index (κ3) is 20.2. The first-order valence-electron chi connectivity index (χ1n) is 5.35. The van der Waals surface area contributed by atoms with Crippen LogP contribution < -0.4 is 20.4 Å². The Balaban J connectivity index is 0.000000196. The van der Waals surface area contributed by atoms with Crippen LogP contribution in [0.15, 0.2) is 0 Å². The summed E-state index contributed by atoms with van der Waals surface area (Å²) in [5.74, 6) is 0. The molecule has 0 aromatic heterocycles. The molecule has 2 heterocycles. The Bertz CT molecular complexity index is 147. The number of hydrogen-bond acceptors (Lipinski definition) is 3. The van der Waals surface area contributed by atoms with E-state index in [1.165, 1.54) is 51.9 Å². The lowest BCUT2D eigenvalue weighted by Crippen LogP contribution is -2.80. The van der Waals surface area contributed by atoms with Gasteiger partial charge in [-0.3, -0.25) is 0 Å². The molecule has 0 unspecified atom stereocenters. The highest BCUT2D eigenvalue weighted by Gasteiger charge is 1.98.